The summed E-state index contributed by atoms with van der Waals surface area (Å²) in [6.45, 7) is -0.110. The zero-order valence-electron chi connectivity index (χ0n) is 12.3. The predicted octanol–water partition coefficient (Wildman–Crippen LogP) is -2.32. The van der Waals surface area contributed by atoms with Crippen LogP contribution < -0.4 is 5.32 Å². The first kappa shape index (κ1) is 19.4. The average molecular weight is 343 g/mol. The molecule has 1 heterocycles. The number of aliphatic hydroxyl groups is 4. The molecule has 0 saturated carbocycles. The van der Waals surface area contributed by atoms with Gasteiger partial charge in [-0.05, 0) is 0 Å². The first-order valence-corrected chi connectivity index (χ1v) is 7.41. The molecule has 130 valence electrons. The zero-order chi connectivity index (χ0) is 16.7. The summed E-state index contributed by atoms with van der Waals surface area (Å²) in [6.07, 6.45) is -6.89. The number of hydrogen-bond acceptors (Lipinski definition) is 7. The molecule has 0 aromatic carbocycles. The Morgan fingerprint density at radius 1 is 1.32 bits per heavy atom. The van der Waals surface area contributed by atoms with E-state index in [0.717, 1.165) is 4.90 Å². The van der Waals surface area contributed by atoms with Gasteiger partial charge in [0.05, 0.1) is 13.2 Å². The highest BCUT2D eigenvalue weighted by Gasteiger charge is 2.46. The van der Waals surface area contributed by atoms with E-state index in [1.165, 1.54) is 7.11 Å². The van der Waals surface area contributed by atoms with Crippen LogP contribution >= 0.6 is 11.6 Å². The van der Waals surface area contributed by atoms with Gasteiger partial charge in [-0.2, -0.15) is 0 Å². The molecule has 1 aliphatic heterocycles. The number of rotatable bonds is 7. The number of methoxy groups -OCH3 is 1. The maximum Gasteiger partial charge on any atom is 0.319 e. The SMILES string of the molecule is COCCN(C(=O)NCCCl)[C@@H]1O[C@H](CO)[C@@H](O)[C@H](O)[C@@H]1O. The summed E-state index contributed by atoms with van der Waals surface area (Å²) in [4.78, 5) is 13.3. The minimum Gasteiger partial charge on any atom is -0.394 e. The van der Waals surface area contributed by atoms with Gasteiger partial charge >= 0.3 is 6.03 Å². The lowest BCUT2D eigenvalue weighted by Gasteiger charge is -2.44. The molecule has 22 heavy (non-hydrogen) atoms. The number of hydrogen-bond donors (Lipinski definition) is 5. The molecule has 1 saturated heterocycles. The molecular formula is C12H23ClN2O7. The van der Waals surface area contributed by atoms with E-state index < -0.39 is 43.3 Å². The van der Waals surface area contributed by atoms with Crippen molar-refractivity contribution in [3.63, 3.8) is 0 Å². The van der Waals surface area contributed by atoms with E-state index in [9.17, 15) is 25.2 Å². The van der Waals surface area contributed by atoms with Crippen LogP contribution in [0.15, 0.2) is 0 Å². The third-order valence-electron chi connectivity index (χ3n) is 3.34. The monoisotopic (exact) mass is 342 g/mol. The quantitative estimate of drug-likeness (QED) is 0.328. The highest BCUT2D eigenvalue weighted by molar-refractivity contribution is 6.18. The molecular weight excluding hydrogens is 320 g/mol. The molecule has 0 spiro atoms. The summed E-state index contributed by atoms with van der Waals surface area (Å²) < 4.78 is 10.3. The second-order valence-electron chi connectivity index (χ2n) is 4.83. The van der Waals surface area contributed by atoms with Crippen molar-refractivity contribution in [2.24, 2.45) is 0 Å². The number of nitrogens with one attached hydrogen (secondary N) is 1. The Morgan fingerprint density at radius 2 is 2.00 bits per heavy atom. The number of carbonyl (C=O) groups excluding carboxylic acids is 1. The van der Waals surface area contributed by atoms with Crippen molar-refractivity contribution in [1.82, 2.24) is 10.2 Å². The van der Waals surface area contributed by atoms with Crippen LogP contribution in [0.1, 0.15) is 0 Å². The van der Waals surface area contributed by atoms with Crippen molar-refractivity contribution >= 4 is 17.6 Å². The summed E-state index contributed by atoms with van der Waals surface area (Å²) in [5.74, 6) is 0.207. The Balaban J connectivity index is 2.88. The van der Waals surface area contributed by atoms with E-state index in [1.807, 2.05) is 0 Å². The van der Waals surface area contributed by atoms with Gasteiger partial charge in [-0.25, -0.2) is 4.79 Å². The second kappa shape index (κ2) is 9.46. The van der Waals surface area contributed by atoms with Gasteiger partial charge in [0.15, 0.2) is 6.23 Å². The largest absolute Gasteiger partial charge is 0.394 e. The minimum atomic E-state index is -1.55. The standard InChI is InChI=1S/C12H23ClN2O7/c1-21-5-4-15(12(20)14-3-2-13)11-10(19)9(18)8(17)7(6-16)22-11/h7-11,16-19H,2-6H2,1H3,(H,14,20)/t7-,8-,9+,10+,11-/m1/s1. The topological polar surface area (TPSA) is 132 Å². The molecule has 5 atom stereocenters. The molecule has 1 aliphatic rings. The van der Waals surface area contributed by atoms with E-state index in [1.54, 1.807) is 0 Å². The van der Waals surface area contributed by atoms with Gasteiger partial charge in [-0.15, -0.1) is 11.6 Å². The summed E-state index contributed by atoms with van der Waals surface area (Å²) in [5.41, 5.74) is 0. The Bertz CT molecular complexity index is 347. The fourth-order valence-corrected chi connectivity index (χ4v) is 2.22. The van der Waals surface area contributed by atoms with Crippen molar-refractivity contribution in [3.05, 3.63) is 0 Å². The number of ether oxygens (including phenoxy) is 2. The van der Waals surface area contributed by atoms with E-state index in [2.05, 4.69) is 5.32 Å². The molecule has 0 bridgehead atoms. The highest BCUT2D eigenvalue weighted by Crippen LogP contribution is 2.23. The van der Waals surface area contributed by atoms with Crippen LogP contribution in [0, 0.1) is 0 Å². The first-order chi connectivity index (χ1) is 10.5. The molecule has 1 rings (SSSR count). The maximum atomic E-state index is 12.1. The van der Waals surface area contributed by atoms with E-state index in [0.29, 0.717) is 0 Å². The van der Waals surface area contributed by atoms with E-state index >= 15 is 0 Å². The summed E-state index contributed by atoms with van der Waals surface area (Å²) >= 11 is 5.51. The van der Waals surface area contributed by atoms with Crippen LogP contribution in [-0.4, -0.2) is 101 Å². The maximum absolute atomic E-state index is 12.1. The molecule has 0 aromatic heterocycles. The molecule has 0 aliphatic carbocycles. The predicted molar refractivity (Wildman–Crippen MR) is 76.5 cm³/mol. The third-order valence-corrected chi connectivity index (χ3v) is 3.53. The van der Waals surface area contributed by atoms with Gasteiger partial charge in [-0.1, -0.05) is 0 Å². The van der Waals surface area contributed by atoms with Gasteiger partial charge < -0.3 is 35.2 Å². The van der Waals surface area contributed by atoms with Crippen molar-refractivity contribution < 1.29 is 34.7 Å². The fraction of sp³-hybridized carbons (Fsp3) is 0.917. The summed E-state index contributed by atoms with van der Waals surface area (Å²) in [7, 11) is 1.45. The lowest BCUT2D eigenvalue weighted by molar-refractivity contribution is -0.257. The van der Waals surface area contributed by atoms with Gasteiger partial charge in [0.2, 0.25) is 0 Å². The van der Waals surface area contributed by atoms with E-state index in [-0.39, 0.29) is 25.6 Å². The van der Waals surface area contributed by atoms with Crippen molar-refractivity contribution in [2.45, 2.75) is 30.6 Å². The molecule has 10 heteroatoms. The molecule has 5 N–H and O–H groups in total. The number of alkyl halides is 1. The third kappa shape index (κ3) is 4.66. The van der Waals surface area contributed by atoms with Gasteiger partial charge in [0.25, 0.3) is 0 Å². The molecule has 2 amide bonds. The van der Waals surface area contributed by atoms with E-state index in [4.69, 9.17) is 21.1 Å². The number of urea groups is 1. The van der Waals surface area contributed by atoms with Gasteiger partial charge in [0, 0.05) is 26.1 Å². The van der Waals surface area contributed by atoms with Crippen molar-refractivity contribution in [1.29, 1.82) is 0 Å². The molecule has 0 aromatic rings. The van der Waals surface area contributed by atoms with Gasteiger partial charge in [0.1, 0.15) is 24.4 Å². The van der Waals surface area contributed by atoms with Crippen LogP contribution in [0.25, 0.3) is 0 Å². The van der Waals surface area contributed by atoms with Gasteiger partial charge in [-0.3, -0.25) is 4.90 Å². The Morgan fingerprint density at radius 3 is 2.55 bits per heavy atom. The first-order valence-electron chi connectivity index (χ1n) is 6.87. The number of halogens is 1. The lowest BCUT2D eigenvalue weighted by Crippen LogP contribution is -2.65. The van der Waals surface area contributed by atoms with Crippen LogP contribution in [0.5, 0.6) is 0 Å². The van der Waals surface area contributed by atoms with Crippen LogP contribution in [0.2, 0.25) is 0 Å². The van der Waals surface area contributed by atoms with Crippen LogP contribution in [0.3, 0.4) is 0 Å². The Labute approximate surface area is 133 Å². The number of carbonyl (C=O) groups is 1. The minimum absolute atomic E-state index is 0.0767. The Hall–Kier alpha value is -0.680. The fourth-order valence-electron chi connectivity index (χ4n) is 2.13. The number of aliphatic hydroxyl groups excluding tert-OH is 4. The van der Waals surface area contributed by atoms with Crippen molar-refractivity contribution in [3.8, 4) is 0 Å². The Kier molecular flexibility index (Phi) is 8.33. The molecule has 0 unspecified atom stereocenters. The molecule has 0 radical (unpaired) electrons. The highest BCUT2D eigenvalue weighted by atomic mass is 35.5. The van der Waals surface area contributed by atoms with Crippen LogP contribution in [0.4, 0.5) is 4.79 Å². The average Bonchev–Trinajstić information content (AvgIpc) is 2.52. The lowest BCUT2D eigenvalue weighted by atomic mass is 9.98. The number of amides is 2. The summed E-state index contributed by atoms with van der Waals surface area (Å²) in [6, 6.07) is -0.568. The molecule has 1 fully saturated rings. The van der Waals surface area contributed by atoms with Crippen molar-refractivity contribution in [2.75, 3.05) is 39.3 Å². The summed E-state index contributed by atoms with van der Waals surface area (Å²) in [5, 5.41) is 41.3. The zero-order valence-corrected chi connectivity index (χ0v) is 13.0. The second-order valence-corrected chi connectivity index (χ2v) is 5.20. The van der Waals surface area contributed by atoms with Crippen LogP contribution in [-0.2, 0) is 9.47 Å². The smallest absolute Gasteiger partial charge is 0.319 e. The molecule has 9 nitrogen and oxygen atoms in total. The number of nitrogens with zero attached hydrogens (tertiary/aromatic N) is 1. The normalized spacial score (nSPS) is 31.8.